The first-order valence-electron chi connectivity index (χ1n) is 9.11. The minimum absolute atomic E-state index is 0.430. The average molecular weight is 378 g/mol. The standard InChI is InChI=1S/C20H22N6O2/c1-27-16-8-6-15(7-9-16)22-19-14-21-25-20(24-19)23-17-4-2-3-5-18(17)26-10-12-28-13-11-26/h2-9,14H,10-13H2,1H3,(H2,22,23,24,25). The molecule has 0 saturated carbocycles. The highest BCUT2D eigenvalue weighted by molar-refractivity contribution is 5.73. The Morgan fingerprint density at radius 2 is 1.79 bits per heavy atom. The van der Waals surface area contributed by atoms with Crippen molar-refractivity contribution in [3.63, 3.8) is 0 Å². The molecule has 1 fully saturated rings. The molecule has 8 nitrogen and oxygen atoms in total. The van der Waals surface area contributed by atoms with Crippen LogP contribution in [0.5, 0.6) is 5.75 Å². The number of benzene rings is 2. The van der Waals surface area contributed by atoms with Crippen molar-refractivity contribution >= 4 is 28.8 Å². The van der Waals surface area contributed by atoms with E-state index in [0.717, 1.165) is 49.1 Å². The zero-order valence-corrected chi connectivity index (χ0v) is 15.6. The zero-order valence-electron chi connectivity index (χ0n) is 15.6. The molecule has 1 saturated heterocycles. The third-order valence-electron chi connectivity index (χ3n) is 4.42. The number of para-hydroxylation sites is 2. The van der Waals surface area contributed by atoms with Crippen LogP contribution in [0.3, 0.4) is 0 Å². The van der Waals surface area contributed by atoms with Gasteiger partial charge in [-0.3, -0.25) is 0 Å². The quantitative estimate of drug-likeness (QED) is 0.676. The molecule has 0 atom stereocenters. The molecule has 3 aromatic rings. The van der Waals surface area contributed by atoms with Gasteiger partial charge in [-0.2, -0.15) is 10.1 Å². The number of morpholine rings is 1. The second-order valence-corrected chi connectivity index (χ2v) is 6.26. The van der Waals surface area contributed by atoms with Crippen LogP contribution in [-0.2, 0) is 4.74 Å². The molecule has 0 amide bonds. The van der Waals surface area contributed by atoms with Crippen LogP contribution in [-0.4, -0.2) is 48.6 Å². The smallest absolute Gasteiger partial charge is 0.249 e. The fourth-order valence-electron chi connectivity index (χ4n) is 3.02. The molecule has 2 aromatic carbocycles. The molecule has 28 heavy (non-hydrogen) atoms. The molecule has 4 rings (SSSR count). The lowest BCUT2D eigenvalue weighted by Crippen LogP contribution is -2.36. The summed E-state index contributed by atoms with van der Waals surface area (Å²) in [5, 5.41) is 14.7. The average Bonchev–Trinajstić information content (AvgIpc) is 2.76. The molecule has 144 valence electrons. The van der Waals surface area contributed by atoms with E-state index in [1.54, 1.807) is 13.3 Å². The highest BCUT2D eigenvalue weighted by Gasteiger charge is 2.15. The van der Waals surface area contributed by atoms with E-state index in [4.69, 9.17) is 9.47 Å². The first kappa shape index (κ1) is 18.0. The number of nitrogens with zero attached hydrogens (tertiary/aromatic N) is 4. The summed E-state index contributed by atoms with van der Waals surface area (Å²) in [4.78, 5) is 6.81. The van der Waals surface area contributed by atoms with Crippen molar-refractivity contribution in [2.24, 2.45) is 0 Å². The summed E-state index contributed by atoms with van der Waals surface area (Å²) in [7, 11) is 1.64. The Kier molecular flexibility index (Phi) is 5.48. The third kappa shape index (κ3) is 4.29. The molecular formula is C20H22N6O2. The molecule has 1 aliphatic rings. The Morgan fingerprint density at radius 3 is 2.57 bits per heavy atom. The summed E-state index contributed by atoms with van der Waals surface area (Å²) in [6.07, 6.45) is 1.59. The Hall–Kier alpha value is -3.39. The predicted octanol–water partition coefficient (Wildman–Crippen LogP) is 3.20. The second kappa shape index (κ2) is 8.53. The van der Waals surface area contributed by atoms with Crippen molar-refractivity contribution in [1.82, 2.24) is 15.2 Å². The summed E-state index contributed by atoms with van der Waals surface area (Å²) in [6, 6.07) is 15.7. The Bertz CT molecular complexity index is 913. The van der Waals surface area contributed by atoms with Gasteiger partial charge >= 0.3 is 0 Å². The van der Waals surface area contributed by atoms with Gasteiger partial charge in [0.2, 0.25) is 5.95 Å². The zero-order chi connectivity index (χ0) is 19.2. The van der Waals surface area contributed by atoms with Gasteiger partial charge in [-0.25, -0.2) is 0 Å². The van der Waals surface area contributed by atoms with Crippen LogP contribution in [0.2, 0.25) is 0 Å². The highest BCUT2D eigenvalue weighted by atomic mass is 16.5. The van der Waals surface area contributed by atoms with Crippen LogP contribution < -0.4 is 20.3 Å². The topological polar surface area (TPSA) is 84.4 Å². The van der Waals surface area contributed by atoms with Gasteiger partial charge in [0, 0.05) is 18.8 Å². The number of methoxy groups -OCH3 is 1. The number of ether oxygens (including phenoxy) is 2. The molecule has 1 aromatic heterocycles. The molecule has 1 aliphatic heterocycles. The van der Waals surface area contributed by atoms with Crippen molar-refractivity contribution in [1.29, 1.82) is 0 Å². The van der Waals surface area contributed by atoms with Crippen molar-refractivity contribution in [2.75, 3.05) is 48.9 Å². The van der Waals surface area contributed by atoms with Gasteiger partial charge in [-0.05, 0) is 36.4 Å². The Morgan fingerprint density at radius 1 is 1.00 bits per heavy atom. The van der Waals surface area contributed by atoms with Gasteiger partial charge in [0.1, 0.15) is 5.75 Å². The number of rotatable bonds is 6. The van der Waals surface area contributed by atoms with Crippen molar-refractivity contribution < 1.29 is 9.47 Å². The maximum atomic E-state index is 5.45. The lowest BCUT2D eigenvalue weighted by atomic mass is 10.2. The summed E-state index contributed by atoms with van der Waals surface area (Å²) >= 11 is 0. The normalized spacial score (nSPS) is 13.8. The number of aromatic nitrogens is 3. The van der Waals surface area contributed by atoms with E-state index in [-0.39, 0.29) is 0 Å². The van der Waals surface area contributed by atoms with Gasteiger partial charge in [0.05, 0.1) is 37.9 Å². The molecule has 0 unspecified atom stereocenters. The van der Waals surface area contributed by atoms with Crippen molar-refractivity contribution in [3.8, 4) is 5.75 Å². The van der Waals surface area contributed by atoms with Crippen LogP contribution in [0.25, 0.3) is 0 Å². The second-order valence-electron chi connectivity index (χ2n) is 6.26. The molecular weight excluding hydrogens is 356 g/mol. The van der Waals surface area contributed by atoms with Gasteiger partial charge in [0.25, 0.3) is 0 Å². The SMILES string of the molecule is COc1ccc(Nc2cnnc(Nc3ccccc3N3CCOCC3)n2)cc1. The highest BCUT2D eigenvalue weighted by Crippen LogP contribution is 2.28. The first-order valence-corrected chi connectivity index (χ1v) is 9.11. The lowest BCUT2D eigenvalue weighted by molar-refractivity contribution is 0.123. The fraction of sp³-hybridized carbons (Fsp3) is 0.250. The maximum absolute atomic E-state index is 5.45. The monoisotopic (exact) mass is 378 g/mol. The largest absolute Gasteiger partial charge is 0.497 e. The first-order chi connectivity index (χ1) is 13.8. The predicted molar refractivity (Wildman–Crippen MR) is 109 cm³/mol. The molecule has 8 heteroatoms. The van der Waals surface area contributed by atoms with E-state index in [9.17, 15) is 0 Å². The molecule has 0 radical (unpaired) electrons. The van der Waals surface area contributed by atoms with Crippen LogP contribution in [0.1, 0.15) is 0 Å². The summed E-state index contributed by atoms with van der Waals surface area (Å²) < 4.78 is 10.6. The minimum Gasteiger partial charge on any atom is -0.497 e. The summed E-state index contributed by atoms with van der Waals surface area (Å²) in [5.41, 5.74) is 2.93. The number of anilines is 5. The lowest BCUT2D eigenvalue weighted by Gasteiger charge is -2.30. The molecule has 0 bridgehead atoms. The molecule has 2 N–H and O–H groups in total. The van der Waals surface area contributed by atoms with Crippen LogP contribution in [0.15, 0.2) is 54.7 Å². The molecule has 2 heterocycles. The Balaban J connectivity index is 1.50. The van der Waals surface area contributed by atoms with E-state index in [2.05, 4.69) is 36.8 Å². The van der Waals surface area contributed by atoms with Crippen LogP contribution in [0, 0.1) is 0 Å². The number of nitrogens with one attached hydrogen (secondary N) is 2. The van der Waals surface area contributed by atoms with Gasteiger partial charge in [0.15, 0.2) is 5.82 Å². The van der Waals surface area contributed by atoms with E-state index in [0.29, 0.717) is 11.8 Å². The van der Waals surface area contributed by atoms with E-state index in [1.807, 2.05) is 42.5 Å². The number of hydrogen-bond acceptors (Lipinski definition) is 8. The number of hydrogen-bond donors (Lipinski definition) is 2. The van der Waals surface area contributed by atoms with Gasteiger partial charge in [-0.1, -0.05) is 12.1 Å². The Labute approximate surface area is 163 Å². The van der Waals surface area contributed by atoms with Crippen LogP contribution in [0.4, 0.5) is 28.8 Å². The van der Waals surface area contributed by atoms with E-state index >= 15 is 0 Å². The third-order valence-corrected chi connectivity index (χ3v) is 4.42. The van der Waals surface area contributed by atoms with Crippen LogP contribution >= 0.6 is 0 Å². The molecule has 0 spiro atoms. The minimum atomic E-state index is 0.430. The van der Waals surface area contributed by atoms with E-state index in [1.165, 1.54) is 0 Å². The maximum Gasteiger partial charge on any atom is 0.249 e. The van der Waals surface area contributed by atoms with Gasteiger partial charge in [-0.15, -0.1) is 5.10 Å². The van der Waals surface area contributed by atoms with Crippen molar-refractivity contribution in [2.45, 2.75) is 0 Å². The van der Waals surface area contributed by atoms with E-state index < -0.39 is 0 Å². The summed E-state index contributed by atoms with van der Waals surface area (Å²) in [6.45, 7) is 3.18. The fourth-order valence-corrected chi connectivity index (χ4v) is 3.02. The van der Waals surface area contributed by atoms with Crippen molar-refractivity contribution in [3.05, 3.63) is 54.7 Å². The summed E-state index contributed by atoms with van der Waals surface area (Å²) in [5.74, 6) is 1.83. The van der Waals surface area contributed by atoms with Gasteiger partial charge < -0.3 is 25.0 Å². The molecule has 0 aliphatic carbocycles.